The van der Waals surface area contributed by atoms with Gasteiger partial charge in [-0.25, -0.2) is 19.6 Å². The number of ether oxygens (including phenoxy) is 4. The molecule has 16 nitrogen and oxygen atoms in total. The van der Waals surface area contributed by atoms with E-state index in [1.165, 1.54) is 14.2 Å². The van der Waals surface area contributed by atoms with Gasteiger partial charge in [-0.1, -0.05) is 45.9 Å². The molecule has 2 aromatic heterocycles. The highest BCUT2D eigenvalue weighted by atomic mass is 16.5. The van der Waals surface area contributed by atoms with E-state index in [0.717, 1.165) is 87.0 Å². The van der Waals surface area contributed by atoms with Gasteiger partial charge in [0.2, 0.25) is 11.8 Å². The number of benzene rings is 3. The first-order valence-corrected chi connectivity index (χ1v) is 23.0. The molecule has 4 aliphatic rings. The van der Waals surface area contributed by atoms with Crippen LogP contribution in [0, 0.1) is 17.8 Å². The zero-order valence-corrected chi connectivity index (χ0v) is 38.2. The van der Waals surface area contributed by atoms with E-state index in [9.17, 15) is 19.2 Å². The van der Waals surface area contributed by atoms with Gasteiger partial charge in [-0.2, -0.15) is 0 Å². The molecule has 3 aromatic carbocycles. The second-order valence-corrected chi connectivity index (χ2v) is 18.8. The van der Waals surface area contributed by atoms with Gasteiger partial charge in [0.1, 0.15) is 36.1 Å². The number of H-pyrrole nitrogens is 2. The summed E-state index contributed by atoms with van der Waals surface area (Å²) in [5, 5.41) is 7.62. The van der Waals surface area contributed by atoms with Crippen LogP contribution in [0.2, 0.25) is 0 Å². The summed E-state index contributed by atoms with van der Waals surface area (Å²) in [6.45, 7) is 11.6. The summed E-state index contributed by atoms with van der Waals surface area (Å²) in [6.07, 6.45) is 5.06. The summed E-state index contributed by atoms with van der Waals surface area (Å²) in [5.41, 5.74) is 6.60. The SMILES string of the molecule is COC(=O)NC(C(=O)N1[C@@H](C)CC[C@H]1c1ncc(-c2ccc3c(c2)COc2cc4c(ccc5nc([C@@H]6CC[C@H](C(C)C)N6C(=O)C(NC(=O)OC)C6CCOCC6)[nH]c54)cc2-3)[nH]1)C(C)C. The van der Waals surface area contributed by atoms with Crippen LogP contribution in [-0.4, -0.2) is 105 Å². The molecule has 0 radical (unpaired) electrons. The van der Waals surface area contributed by atoms with E-state index in [-0.39, 0.29) is 53.7 Å². The van der Waals surface area contributed by atoms with Gasteiger partial charge in [-0.05, 0) is 110 Å². The largest absolute Gasteiger partial charge is 0.488 e. The number of carbonyl (C=O) groups is 4. The van der Waals surface area contributed by atoms with Crippen LogP contribution in [0.3, 0.4) is 0 Å². The summed E-state index contributed by atoms with van der Waals surface area (Å²) in [7, 11) is 2.61. The topological polar surface area (TPSA) is 193 Å². The highest BCUT2D eigenvalue weighted by molar-refractivity contribution is 6.07. The molecule has 0 bridgehead atoms. The van der Waals surface area contributed by atoms with Crippen molar-refractivity contribution in [2.45, 2.75) is 116 Å². The van der Waals surface area contributed by atoms with Crippen molar-refractivity contribution >= 4 is 45.8 Å². The molecule has 16 heteroatoms. The second-order valence-electron chi connectivity index (χ2n) is 18.8. The van der Waals surface area contributed by atoms with E-state index in [4.69, 9.17) is 28.9 Å². The Hall–Kier alpha value is -6.16. The molecule has 65 heavy (non-hydrogen) atoms. The number of imidazole rings is 2. The minimum absolute atomic E-state index is 0.0190. The van der Waals surface area contributed by atoms with Crippen LogP contribution in [0.25, 0.3) is 44.2 Å². The molecular formula is C49H60N8O8. The summed E-state index contributed by atoms with van der Waals surface area (Å²) in [4.78, 5) is 74.2. The lowest BCUT2D eigenvalue weighted by Gasteiger charge is -2.38. The Kier molecular flexibility index (Phi) is 12.2. The standard InChI is InChI=1S/C49H60N8O8/c1-25(2)37-14-15-39(57(37)47(59)42(55-49(61)63-7)28-16-18-64-19-17-28)45-51-35-12-10-29-21-34-32-11-9-30(20-31(32)24-65-40(34)22-33(29)43(35)53-45)36-23-50-44(52-36)38-13-8-27(5)56(38)46(58)41(26(3)4)54-48(60)62-6/h9-12,20-23,25-28,37-39,41-42H,8,13-19,24H2,1-7H3,(H,50,52)(H,51,53)(H,54,60)(H,55,61)/t27-,37+,38-,39-,41?,42?/m0/s1. The average Bonchev–Trinajstić information content (AvgIpc) is 4.14. The van der Waals surface area contributed by atoms with Crippen molar-refractivity contribution in [3.05, 3.63) is 65.9 Å². The number of hydrogen-bond acceptors (Lipinski definition) is 10. The number of alkyl carbamates (subject to hydrolysis) is 2. The molecule has 2 unspecified atom stereocenters. The fourth-order valence-corrected chi connectivity index (χ4v) is 10.6. The van der Waals surface area contributed by atoms with Gasteiger partial charge in [0, 0.05) is 36.2 Å². The van der Waals surface area contributed by atoms with E-state index < -0.39 is 24.3 Å². The lowest BCUT2D eigenvalue weighted by molar-refractivity contribution is -0.140. The molecule has 344 valence electrons. The van der Waals surface area contributed by atoms with Crippen LogP contribution in [0.4, 0.5) is 9.59 Å². The van der Waals surface area contributed by atoms with Crippen LogP contribution in [-0.2, 0) is 30.4 Å². The number of fused-ring (bicyclic) bond motifs is 6. The zero-order chi connectivity index (χ0) is 45.7. The molecule has 3 saturated heterocycles. The van der Waals surface area contributed by atoms with Gasteiger partial charge < -0.3 is 49.3 Å². The molecule has 4 amide bonds. The maximum Gasteiger partial charge on any atom is 0.407 e. The predicted octanol–water partition coefficient (Wildman–Crippen LogP) is 7.94. The summed E-state index contributed by atoms with van der Waals surface area (Å²) >= 11 is 0. The number of methoxy groups -OCH3 is 2. The third-order valence-electron chi connectivity index (χ3n) is 14.1. The number of nitrogens with one attached hydrogen (secondary N) is 4. The van der Waals surface area contributed by atoms with Gasteiger partial charge in [-0.15, -0.1) is 0 Å². The van der Waals surface area contributed by atoms with Crippen LogP contribution < -0.4 is 15.4 Å². The molecule has 4 aliphatic heterocycles. The van der Waals surface area contributed by atoms with Crippen molar-refractivity contribution in [3.63, 3.8) is 0 Å². The number of aromatic nitrogens is 4. The maximum atomic E-state index is 14.7. The normalized spacial score (nSPS) is 21.9. The Morgan fingerprint density at radius 2 is 1.54 bits per heavy atom. The minimum Gasteiger partial charge on any atom is -0.488 e. The second kappa shape index (κ2) is 18.0. The van der Waals surface area contributed by atoms with E-state index in [1.54, 1.807) is 0 Å². The van der Waals surface area contributed by atoms with Gasteiger partial charge in [-0.3, -0.25) is 9.59 Å². The first kappa shape index (κ1) is 44.1. The Balaban J connectivity index is 0.978. The highest BCUT2D eigenvalue weighted by Gasteiger charge is 2.46. The molecule has 0 spiro atoms. The van der Waals surface area contributed by atoms with Crippen molar-refractivity contribution in [2.24, 2.45) is 17.8 Å². The molecule has 0 aliphatic carbocycles. The molecule has 6 heterocycles. The van der Waals surface area contributed by atoms with E-state index >= 15 is 0 Å². The van der Waals surface area contributed by atoms with Gasteiger partial charge in [0.25, 0.3) is 0 Å². The van der Waals surface area contributed by atoms with Crippen molar-refractivity contribution in [3.8, 4) is 28.1 Å². The molecule has 3 fully saturated rings. The number of aromatic amines is 2. The number of rotatable bonds is 10. The molecule has 9 rings (SSSR count). The molecule has 0 saturated carbocycles. The van der Waals surface area contributed by atoms with Gasteiger partial charge >= 0.3 is 12.2 Å². The summed E-state index contributed by atoms with van der Waals surface area (Å²) < 4.78 is 21.9. The first-order chi connectivity index (χ1) is 31.3. The van der Waals surface area contributed by atoms with Crippen molar-refractivity contribution in [1.82, 2.24) is 40.4 Å². The number of likely N-dealkylation sites (tertiary alicyclic amines) is 2. The van der Waals surface area contributed by atoms with E-state index in [1.807, 2.05) is 42.8 Å². The quantitative estimate of drug-likeness (QED) is 0.107. The highest BCUT2D eigenvalue weighted by Crippen LogP contribution is 2.45. The van der Waals surface area contributed by atoms with Crippen LogP contribution >= 0.6 is 0 Å². The number of hydrogen-bond donors (Lipinski definition) is 4. The minimum atomic E-state index is -0.732. The Morgan fingerprint density at radius 3 is 2.28 bits per heavy atom. The molecular weight excluding hydrogens is 829 g/mol. The van der Waals surface area contributed by atoms with E-state index in [2.05, 4.69) is 70.8 Å². The Labute approximate surface area is 378 Å². The predicted molar refractivity (Wildman–Crippen MR) is 244 cm³/mol. The smallest absolute Gasteiger partial charge is 0.407 e. The Bertz CT molecular complexity index is 2610. The van der Waals surface area contributed by atoms with Crippen LogP contribution in [0.1, 0.15) is 102 Å². The van der Waals surface area contributed by atoms with Gasteiger partial charge in [0.15, 0.2) is 0 Å². The zero-order valence-electron chi connectivity index (χ0n) is 38.2. The van der Waals surface area contributed by atoms with Gasteiger partial charge in [0.05, 0.1) is 49.2 Å². The van der Waals surface area contributed by atoms with Crippen molar-refractivity contribution in [2.75, 3.05) is 27.4 Å². The third-order valence-corrected chi connectivity index (χ3v) is 14.1. The van der Waals surface area contributed by atoms with Crippen LogP contribution in [0.15, 0.2) is 48.7 Å². The summed E-state index contributed by atoms with van der Waals surface area (Å²) in [5.74, 6) is 1.95. The third kappa shape index (κ3) is 8.25. The molecule has 5 aromatic rings. The maximum absolute atomic E-state index is 14.7. The average molecular weight is 889 g/mol. The number of nitrogens with zero attached hydrogens (tertiary/aromatic N) is 4. The van der Waals surface area contributed by atoms with Crippen molar-refractivity contribution in [1.29, 1.82) is 0 Å². The van der Waals surface area contributed by atoms with Crippen LogP contribution in [0.5, 0.6) is 5.75 Å². The first-order valence-electron chi connectivity index (χ1n) is 23.0. The van der Waals surface area contributed by atoms with E-state index in [0.29, 0.717) is 38.5 Å². The summed E-state index contributed by atoms with van der Waals surface area (Å²) in [6, 6.07) is 12.7. The Morgan fingerprint density at radius 1 is 0.800 bits per heavy atom. The number of carbonyl (C=O) groups excluding carboxylic acids is 4. The lowest BCUT2D eigenvalue weighted by atomic mass is 9.90. The van der Waals surface area contributed by atoms with Crippen molar-refractivity contribution < 1.29 is 38.1 Å². The lowest BCUT2D eigenvalue weighted by Crippen LogP contribution is -2.55. The monoisotopic (exact) mass is 888 g/mol. The molecule has 4 N–H and O–H groups in total. The number of amides is 4. The fraction of sp³-hybridized carbons (Fsp3) is 0.510. The fourth-order valence-electron chi connectivity index (χ4n) is 10.6. The molecule has 6 atom stereocenters.